The molecule has 2 N–H and O–H groups in total. The van der Waals surface area contributed by atoms with Gasteiger partial charge >= 0.3 is 12.1 Å². The number of hydrogen-bond acceptors (Lipinski definition) is 8. The second kappa shape index (κ2) is 11.3. The van der Waals surface area contributed by atoms with E-state index in [0.29, 0.717) is 28.7 Å². The average molecular weight is 569 g/mol. The Balaban J connectivity index is 0.00000353. The lowest BCUT2D eigenvalue weighted by Gasteiger charge is -2.30. The first-order valence-electron chi connectivity index (χ1n) is 11.9. The summed E-state index contributed by atoms with van der Waals surface area (Å²) < 4.78 is 68.5. The van der Waals surface area contributed by atoms with E-state index in [1.54, 1.807) is 12.1 Å². The van der Waals surface area contributed by atoms with Crippen molar-refractivity contribution in [2.45, 2.75) is 31.6 Å². The monoisotopic (exact) mass is 568 g/mol. The number of likely N-dealkylation sites (tertiary alicyclic amines) is 1. The van der Waals surface area contributed by atoms with Gasteiger partial charge in [0.05, 0.1) is 5.52 Å². The molecule has 0 bridgehead atoms. The minimum absolute atomic E-state index is 0. The summed E-state index contributed by atoms with van der Waals surface area (Å²) in [7, 11) is 0. The number of hydrogen-bond donors (Lipinski definition) is 1. The highest BCUT2D eigenvalue weighted by Gasteiger charge is 2.46. The predicted molar refractivity (Wildman–Crippen MR) is 136 cm³/mol. The van der Waals surface area contributed by atoms with Crippen molar-refractivity contribution in [3.63, 3.8) is 0 Å². The summed E-state index contributed by atoms with van der Waals surface area (Å²) in [5, 5.41) is 8.70. The van der Waals surface area contributed by atoms with Crippen molar-refractivity contribution in [1.82, 2.24) is 24.5 Å². The molecule has 1 aliphatic rings. The third kappa shape index (κ3) is 6.05. The van der Waals surface area contributed by atoms with E-state index in [1.165, 1.54) is 46.7 Å². The quantitative estimate of drug-likeness (QED) is 0.202. The zero-order chi connectivity index (χ0) is 27.0. The molecule has 14 heteroatoms. The van der Waals surface area contributed by atoms with Gasteiger partial charge in [0.25, 0.3) is 0 Å². The number of carbonyl (C=O) groups excluding carboxylic acids is 1. The molecule has 1 aliphatic heterocycles. The number of benzene rings is 1. The number of aromatic nitrogens is 4. The number of ether oxygens (including phenoxy) is 2. The van der Waals surface area contributed by atoms with E-state index in [4.69, 9.17) is 15.2 Å². The highest BCUT2D eigenvalue weighted by atomic mass is 35.5. The van der Waals surface area contributed by atoms with Gasteiger partial charge in [-0.3, -0.25) is 14.1 Å². The van der Waals surface area contributed by atoms with Gasteiger partial charge < -0.3 is 15.2 Å². The smallest absolute Gasteiger partial charge is 0.408 e. The summed E-state index contributed by atoms with van der Waals surface area (Å²) in [4.78, 5) is 16.8. The summed E-state index contributed by atoms with van der Waals surface area (Å²) >= 11 is 0. The van der Waals surface area contributed by atoms with Crippen LogP contribution in [0.1, 0.15) is 24.9 Å². The van der Waals surface area contributed by atoms with E-state index < -0.39 is 24.0 Å². The number of nitrogens with two attached hydrogens (primary N) is 1. The molecule has 2 atom stereocenters. The van der Waals surface area contributed by atoms with E-state index in [1.807, 2.05) is 0 Å². The van der Waals surface area contributed by atoms with Crippen molar-refractivity contribution >= 4 is 34.9 Å². The zero-order valence-electron chi connectivity index (χ0n) is 20.7. The molecule has 0 amide bonds. The highest BCUT2D eigenvalue weighted by molar-refractivity contribution is 5.85. The molecule has 0 spiro atoms. The number of pyridine rings is 2. The van der Waals surface area contributed by atoms with E-state index in [-0.39, 0.29) is 61.9 Å². The van der Waals surface area contributed by atoms with Crippen LogP contribution in [0.3, 0.4) is 0 Å². The topological polar surface area (TPSA) is 108 Å². The molecule has 4 aromatic rings. The summed E-state index contributed by atoms with van der Waals surface area (Å²) in [6.45, 7) is 1.54. The SMILES string of the molecule is CC(=O)OCCOc1cc2nc(-c3nnc4ccc([C@@H](N5CCC(N)C5)C(F)(F)F)cn34)ccc2cc1F.Cl. The molecule has 5 rings (SSSR count). The maximum atomic E-state index is 14.5. The van der Waals surface area contributed by atoms with Gasteiger partial charge in [-0.15, -0.1) is 22.6 Å². The zero-order valence-corrected chi connectivity index (χ0v) is 21.5. The molecule has 1 fully saturated rings. The second-order valence-corrected chi connectivity index (χ2v) is 9.06. The first kappa shape index (κ1) is 28.5. The normalized spacial score (nSPS) is 16.8. The van der Waals surface area contributed by atoms with Crippen LogP contribution in [0.2, 0.25) is 0 Å². The van der Waals surface area contributed by atoms with Gasteiger partial charge in [0.2, 0.25) is 0 Å². The Labute approximate surface area is 226 Å². The molecule has 0 aliphatic carbocycles. The Hall–Kier alpha value is -3.55. The fourth-order valence-corrected chi connectivity index (χ4v) is 4.60. The molecule has 9 nitrogen and oxygen atoms in total. The lowest BCUT2D eigenvalue weighted by Crippen LogP contribution is -2.38. The van der Waals surface area contributed by atoms with Crippen LogP contribution in [-0.2, 0) is 9.53 Å². The molecule has 0 radical (unpaired) electrons. The van der Waals surface area contributed by atoms with Gasteiger partial charge in [0.15, 0.2) is 23.0 Å². The van der Waals surface area contributed by atoms with Crippen LogP contribution in [0.15, 0.2) is 42.6 Å². The average Bonchev–Trinajstić information content (AvgIpc) is 3.46. The number of fused-ring (bicyclic) bond motifs is 2. The summed E-state index contributed by atoms with van der Waals surface area (Å²) in [5.41, 5.74) is 6.95. The van der Waals surface area contributed by atoms with E-state index in [9.17, 15) is 22.4 Å². The molecule has 1 unspecified atom stereocenters. The number of alkyl halides is 3. The van der Waals surface area contributed by atoms with Crippen LogP contribution < -0.4 is 10.5 Å². The summed E-state index contributed by atoms with van der Waals surface area (Å²) in [5.74, 6) is -0.954. The van der Waals surface area contributed by atoms with Gasteiger partial charge in [-0.25, -0.2) is 9.37 Å². The molecule has 3 aromatic heterocycles. The van der Waals surface area contributed by atoms with Crippen molar-refractivity contribution in [2.75, 3.05) is 26.3 Å². The van der Waals surface area contributed by atoms with Gasteiger partial charge in [-0.05, 0) is 30.2 Å². The molecule has 39 heavy (non-hydrogen) atoms. The summed E-state index contributed by atoms with van der Waals surface area (Å²) in [6, 6.07) is 6.60. The maximum Gasteiger partial charge on any atom is 0.408 e. The number of nitrogens with zero attached hydrogens (tertiary/aromatic N) is 5. The standard InChI is InChI=1S/C25H24F4N6O3.ClH/c1-14(36)37-8-9-38-21-11-20-15(10-18(21)26)2-4-19(31-20)24-33-32-22-5-3-16(12-35(22)24)23(25(27,28)29)34-7-6-17(30)13-34;/h2-5,10-12,17,23H,6-9,13,30H2,1H3;1H/t17?,23-;/m1./s1. The van der Waals surface area contributed by atoms with Crippen LogP contribution in [0.4, 0.5) is 17.6 Å². The molecule has 208 valence electrons. The van der Waals surface area contributed by atoms with Crippen LogP contribution >= 0.6 is 12.4 Å². The molecular formula is C25H25ClF4N6O3. The van der Waals surface area contributed by atoms with Gasteiger partial charge in [-0.2, -0.15) is 13.2 Å². The predicted octanol–water partition coefficient (Wildman–Crippen LogP) is 4.08. The first-order chi connectivity index (χ1) is 18.1. The van der Waals surface area contributed by atoms with Gasteiger partial charge in [0, 0.05) is 43.7 Å². The van der Waals surface area contributed by atoms with E-state index in [2.05, 4.69) is 15.2 Å². The molecule has 0 saturated carbocycles. The van der Waals surface area contributed by atoms with E-state index in [0.717, 1.165) is 0 Å². The molecule has 1 saturated heterocycles. The Morgan fingerprint density at radius 1 is 1.18 bits per heavy atom. The maximum absolute atomic E-state index is 14.5. The Kier molecular flexibility index (Phi) is 8.23. The first-order valence-corrected chi connectivity index (χ1v) is 11.9. The minimum Gasteiger partial charge on any atom is -0.487 e. The van der Waals surface area contributed by atoms with Crippen molar-refractivity contribution < 1.29 is 31.8 Å². The number of carbonyl (C=O) groups is 1. The van der Waals surface area contributed by atoms with Gasteiger partial charge in [-0.1, -0.05) is 12.1 Å². The van der Waals surface area contributed by atoms with Crippen molar-refractivity contribution in [1.29, 1.82) is 0 Å². The van der Waals surface area contributed by atoms with Crippen molar-refractivity contribution in [3.05, 3.63) is 54.0 Å². The van der Waals surface area contributed by atoms with Crippen molar-refractivity contribution in [3.8, 4) is 17.3 Å². The minimum atomic E-state index is -4.51. The van der Waals surface area contributed by atoms with Crippen LogP contribution in [0.25, 0.3) is 28.1 Å². The summed E-state index contributed by atoms with van der Waals surface area (Å²) in [6.07, 6.45) is -2.65. The van der Waals surface area contributed by atoms with Gasteiger partial charge in [0.1, 0.15) is 24.9 Å². The second-order valence-electron chi connectivity index (χ2n) is 9.06. The lowest BCUT2D eigenvalue weighted by atomic mass is 10.1. The lowest BCUT2D eigenvalue weighted by molar-refractivity contribution is -0.183. The molecule has 4 heterocycles. The number of esters is 1. The van der Waals surface area contributed by atoms with Crippen LogP contribution in [0, 0.1) is 5.82 Å². The fourth-order valence-electron chi connectivity index (χ4n) is 4.60. The number of halogens is 5. The Morgan fingerprint density at radius 2 is 1.97 bits per heavy atom. The Morgan fingerprint density at radius 3 is 2.67 bits per heavy atom. The molecule has 1 aromatic carbocycles. The third-order valence-electron chi connectivity index (χ3n) is 6.29. The largest absolute Gasteiger partial charge is 0.487 e. The molecular weight excluding hydrogens is 544 g/mol. The van der Waals surface area contributed by atoms with Crippen LogP contribution in [-0.4, -0.2) is 69.0 Å². The van der Waals surface area contributed by atoms with Crippen LogP contribution in [0.5, 0.6) is 5.75 Å². The highest BCUT2D eigenvalue weighted by Crippen LogP contribution is 2.39. The fraction of sp³-hybridized carbons (Fsp3) is 0.360. The van der Waals surface area contributed by atoms with Crippen molar-refractivity contribution in [2.24, 2.45) is 5.73 Å². The number of rotatable bonds is 7. The Bertz CT molecular complexity index is 1500. The van der Waals surface area contributed by atoms with E-state index >= 15 is 0 Å². The third-order valence-corrected chi connectivity index (χ3v) is 6.29.